The van der Waals surface area contributed by atoms with Crippen LogP contribution in [0.3, 0.4) is 0 Å². The number of ether oxygens (including phenoxy) is 2. The first-order valence-electron chi connectivity index (χ1n) is 4.34. The molecule has 0 aliphatic carbocycles. The van der Waals surface area contributed by atoms with Gasteiger partial charge in [0.05, 0.1) is 6.61 Å². The lowest BCUT2D eigenvalue weighted by atomic mass is 10.2. The zero-order chi connectivity index (χ0) is 11.3. The highest BCUT2D eigenvalue weighted by atomic mass is 79.9. The zero-order valence-corrected chi connectivity index (χ0v) is 9.81. The minimum Gasteiger partial charge on any atom is -0.491 e. The number of alkyl halides is 1. The first-order chi connectivity index (χ1) is 7.19. The molecule has 0 aromatic heterocycles. The molecule has 0 bridgehead atoms. The number of rotatable bonds is 5. The molecule has 0 fully saturated rings. The van der Waals surface area contributed by atoms with Crippen LogP contribution in [0.15, 0.2) is 12.1 Å². The van der Waals surface area contributed by atoms with Gasteiger partial charge in [0.25, 0.3) is 0 Å². The van der Waals surface area contributed by atoms with E-state index in [-0.39, 0.29) is 17.7 Å². The SMILES string of the molecule is COCCOc1cc(F)cc(F)c1CBr. The summed E-state index contributed by atoms with van der Waals surface area (Å²) >= 11 is 3.12. The highest BCUT2D eigenvalue weighted by Gasteiger charge is 2.11. The van der Waals surface area contributed by atoms with Gasteiger partial charge in [0.2, 0.25) is 0 Å². The van der Waals surface area contributed by atoms with Gasteiger partial charge in [-0.25, -0.2) is 8.78 Å². The summed E-state index contributed by atoms with van der Waals surface area (Å²) in [7, 11) is 1.53. The van der Waals surface area contributed by atoms with Gasteiger partial charge >= 0.3 is 0 Å². The van der Waals surface area contributed by atoms with Gasteiger partial charge in [-0.15, -0.1) is 0 Å². The third-order valence-electron chi connectivity index (χ3n) is 1.80. The van der Waals surface area contributed by atoms with E-state index >= 15 is 0 Å². The maximum absolute atomic E-state index is 13.2. The lowest BCUT2D eigenvalue weighted by Crippen LogP contribution is -2.06. The second kappa shape index (κ2) is 6.02. The molecule has 0 spiro atoms. The van der Waals surface area contributed by atoms with E-state index in [1.54, 1.807) is 0 Å². The van der Waals surface area contributed by atoms with Gasteiger partial charge in [-0.05, 0) is 0 Å². The molecule has 0 atom stereocenters. The summed E-state index contributed by atoms with van der Waals surface area (Å²) in [5, 5.41) is 0.279. The van der Waals surface area contributed by atoms with Gasteiger partial charge in [-0.2, -0.15) is 0 Å². The van der Waals surface area contributed by atoms with Gasteiger partial charge in [0.1, 0.15) is 24.0 Å². The lowest BCUT2D eigenvalue weighted by molar-refractivity contribution is 0.145. The van der Waals surface area contributed by atoms with Crippen molar-refractivity contribution in [2.24, 2.45) is 0 Å². The molecular weight excluding hydrogens is 270 g/mol. The molecule has 0 saturated heterocycles. The Bertz CT molecular complexity index is 331. The third kappa shape index (κ3) is 3.43. The highest BCUT2D eigenvalue weighted by Crippen LogP contribution is 2.25. The van der Waals surface area contributed by atoms with Gasteiger partial charge in [-0.1, -0.05) is 15.9 Å². The topological polar surface area (TPSA) is 18.5 Å². The molecule has 0 amide bonds. The summed E-state index contributed by atoms with van der Waals surface area (Å²) in [4.78, 5) is 0. The molecule has 0 aliphatic rings. The first-order valence-corrected chi connectivity index (χ1v) is 5.46. The standard InChI is InChI=1S/C10H11BrF2O2/c1-14-2-3-15-10-5-7(12)4-9(13)8(10)6-11/h4-5H,2-3,6H2,1H3. The third-order valence-corrected chi connectivity index (χ3v) is 2.36. The van der Waals surface area contributed by atoms with Crippen LogP contribution in [0.4, 0.5) is 8.78 Å². The van der Waals surface area contributed by atoms with Crippen LogP contribution >= 0.6 is 15.9 Å². The minimum atomic E-state index is -0.649. The van der Waals surface area contributed by atoms with E-state index in [9.17, 15) is 8.78 Å². The highest BCUT2D eigenvalue weighted by molar-refractivity contribution is 9.08. The van der Waals surface area contributed by atoms with E-state index in [2.05, 4.69) is 15.9 Å². The minimum absolute atomic E-state index is 0.210. The maximum Gasteiger partial charge on any atom is 0.133 e. The van der Waals surface area contributed by atoms with Gasteiger partial charge in [0.15, 0.2) is 0 Å². The van der Waals surface area contributed by atoms with Crippen molar-refractivity contribution in [2.45, 2.75) is 5.33 Å². The Hall–Kier alpha value is -0.680. The van der Waals surface area contributed by atoms with Gasteiger partial charge in [-0.3, -0.25) is 0 Å². The average Bonchev–Trinajstić information content (AvgIpc) is 2.17. The molecule has 0 aliphatic heterocycles. The van der Waals surface area contributed by atoms with Crippen LogP contribution in [0.2, 0.25) is 0 Å². The van der Waals surface area contributed by atoms with E-state index in [1.165, 1.54) is 7.11 Å². The molecule has 0 radical (unpaired) electrons. The zero-order valence-electron chi connectivity index (χ0n) is 8.23. The molecule has 1 rings (SSSR count). The molecule has 2 nitrogen and oxygen atoms in total. The van der Waals surface area contributed by atoms with E-state index in [0.29, 0.717) is 12.2 Å². The van der Waals surface area contributed by atoms with Gasteiger partial charge in [0, 0.05) is 30.1 Å². The van der Waals surface area contributed by atoms with E-state index in [4.69, 9.17) is 9.47 Å². The fraction of sp³-hybridized carbons (Fsp3) is 0.400. The van der Waals surface area contributed by atoms with Crippen LogP contribution in [-0.2, 0) is 10.1 Å². The lowest BCUT2D eigenvalue weighted by Gasteiger charge is -2.10. The monoisotopic (exact) mass is 280 g/mol. The van der Waals surface area contributed by atoms with Crippen LogP contribution in [0.5, 0.6) is 5.75 Å². The van der Waals surface area contributed by atoms with Crippen molar-refractivity contribution in [3.05, 3.63) is 29.3 Å². The van der Waals surface area contributed by atoms with Crippen LogP contribution in [0.25, 0.3) is 0 Å². The van der Waals surface area contributed by atoms with Crippen molar-refractivity contribution in [2.75, 3.05) is 20.3 Å². The van der Waals surface area contributed by atoms with Crippen LogP contribution in [0, 0.1) is 11.6 Å². The molecule has 0 unspecified atom stereocenters. The van der Waals surface area contributed by atoms with E-state index in [1.807, 2.05) is 0 Å². The molecule has 0 N–H and O–H groups in total. The molecular formula is C10H11BrF2O2. The average molecular weight is 281 g/mol. The fourth-order valence-electron chi connectivity index (χ4n) is 1.07. The van der Waals surface area contributed by atoms with Crippen LogP contribution in [-0.4, -0.2) is 20.3 Å². The van der Waals surface area contributed by atoms with Crippen molar-refractivity contribution in [1.82, 2.24) is 0 Å². The second-order valence-corrected chi connectivity index (χ2v) is 3.40. The fourth-order valence-corrected chi connectivity index (χ4v) is 1.62. The van der Waals surface area contributed by atoms with Crippen molar-refractivity contribution < 1.29 is 18.3 Å². The Morgan fingerprint density at radius 2 is 2.00 bits per heavy atom. The smallest absolute Gasteiger partial charge is 0.133 e. The Labute approximate surface area is 95.3 Å². The molecule has 0 saturated carbocycles. The summed E-state index contributed by atoms with van der Waals surface area (Å²) in [5.41, 5.74) is 0.313. The summed E-state index contributed by atoms with van der Waals surface area (Å²) in [6.07, 6.45) is 0. The molecule has 0 heterocycles. The number of benzene rings is 1. The Balaban J connectivity index is 2.84. The predicted octanol–water partition coefficient (Wildman–Crippen LogP) is 2.88. The Morgan fingerprint density at radius 1 is 1.27 bits per heavy atom. The number of hydrogen-bond donors (Lipinski definition) is 0. The summed E-state index contributed by atoms with van der Waals surface area (Å²) in [5.74, 6) is -1.05. The number of methoxy groups -OCH3 is 1. The molecule has 15 heavy (non-hydrogen) atoms. The van der Waals surface area contributed by atoms with E-state index in [0.717, 1.165) is 12.1 Å². The molecule has 1 aromatic rings. The van der Waals surface area contributed by atoms with Crippen LogP contribution in [0.1, 0.15) is 5.56 Å². The summed E-state index contributed by atoms with van der Waals surface area (Å²) in [6.45, 7) is 0.638. The summed E-state index contributed by atoms with van der Waals surface area (Å²) < 4.78 is 36.1. The van der Waals surface area contributed by atoms with E-state index < -0.39 is 11.6 Å². The first kappa shape index (κ1) is 12.4. The normalized spacial score (nSPS) is 10.4. The van der Waals surface area contributed by atoms with Crippen molar-refractivity contribution in [3.63, 3.8) is 0 Å². The van der Waals surface area contributed by atoms with Crippen LogP contribution < -0.4 is 4.74 Å². The van der Waals surface area contributed by atoms with Gasteiger partial charge < -0.3 is 9.47 Å². The predicted molar refractivity (Wildman–Crippen MR) is 56.4 cm³/mol. The molecule has 1 aromatic carbocycles. The van der Waals surface area contributed by atoms with Crippen molar-refractivity contribution in [1.29, 1.82) is 0 Å². The second-order valence-electron chi connectivity index (χ2n) is 2.84. The van der Waals surface area contributed by atoms with Crippen molar-refractivity contribution >= 4 is 15.9 Å². The molecule has 5 heteroatoms. The maximum atomic E-state index is 13.2. The van der Waals surface area contributed by atoms with Crippen molar-refractivity contribution in [3.8, 4) is 5.75 Å². The summed E-state index contributed by atoms with van der Waals surface area (Å²) in [6, 6.07) is 2.00. The Morgan fingerprint density at radius 3 is 2.60 bits per heavy atom. The number of hydrogen-bond acceptors (Lipinski definition) is 2. The Kier molecular flexibility index (Phi) is 4.98. The largest absolute Gasteiger partial charge is 0.491 e. The number of halogens is 3. The molecule has 84 valence electrons. The quantitative estimate of drug-likeness (QED) is 0.610.